The van der Waals surface area contributed by atoms with Gasteiger partial charge in [-0.15, -0.1) is 11.8 Å². The number of carbonyl (C=O) groups is 3. The molecular weight excluding hydrogens is 664 g/mol. The standard InChI is InChI=1S/C36H42N4O9S/c1-15(2)8-24(42)38-20-13-50-35-27-26(34-33(47-14-48-34)17(4)32(27)49-18(5)41)23(12-46-36(20)44)40-22(11-37)21-10-19-9-16(3)31(45-7)30(43)25(19)28(29(35)40)39(21)6/h9,15,20-23,28-29,35,43H,8,10,12-14H2,1-7H3,(H,38,42)/t20-,21-,22-,23-,28+,29?,35+/m0/s1. The number of methoxy groups -OCH3 is 1. The number of nitrogens with one attached hydrogen (secondary N) is 1. The van der Waals surface area contributed by atoms with E-state index in [1.165, 1.54) is 25.8 Å². The van der Waals surface area contributed by atoms with Crippen LogP contribution >= 0.6 is 11.8 Å². The lowest BCUT2D eigenvalue weighted by molar-refractivity contribution is -0.152. The molecule has 7 atom stereocenters. The number of amides is 1. The molecule has 1 unspecified atom stereocenters. The van der Waals surface area contributed by atoms with Gasteiger partial charge in [0, 0.05) is 53.4 Å². The number of cyclic esters (lactones) is 1. The first kappa shape index (κ1) is 34.3. The van der Waals surface area contributed by atoms with Crippen molar-refractivity contribution in [1.82, 2.24) is 15.1 Å². The van der Waals surface area contributed by atoms with Crippen molar-refractivity contribution in [3.8, 4) is 34.8 Å². The quantitative estimate of drug-likeness (QED) is 0.342. The van der Waals surface area contributed by atoms with Crippen LogP contribution in [0, 0.1) is 31.1 Å². The normalized spacial score (nSPS) is 28.1. The van der Waals surface area contributed by atoms with Crippen molar-refractivity contribution >= 4 is 29.6 Å². The van der Waals surface area contributed by atoms with Crippen molar-refractivity contribution in [1.29, 1.82) is 5.26 Å². The van der Waals surface area contributed by atoms with E-state index in [1.807, 2.05) is 40.8 Å². The number of piperazine rings is 1. The first-order valence-electron chi connectivity index (χ1n) is 16.9. The van der Waals surface area contributed by atoms with E-state index in [9.17, 15) is 24.8 Å². The average molecular weight is 707 g/mol. The second-order valence-corrected chi connectivity index (χ2v) is 15.3. The molecule has 0 aromatic heterocycles. The number of phenolic OH excluding ortho intramolecular Hbond substituents is 1. The van der Waals surface area contributed by atoms with E-state index in [2.05, 4.69) is 21.2 Å². The van der Waals surface area contributed by atoms with Crippen molar-refractivity contribution in [2.45, 2.75) is 89.0 Å². The maximum absolute atomic E-state index is 13.7. The number of benzene rings is 2. The van der Waals surface area contributed by atoms with Gasteiger partial charge in [0.05, 0.1) is 30.5 Å². The highest BCUT2D eigenvalue weighted by molar-refractivity contribution is 7.99. The van der Waals surface area contributed by atoms with Gasteiger partial charge in [-0.1, -0.05) is 19.9 Å². The largest absolute Gasteiger partial charge is 0.504 e. The Balaban J connectivity index is 1.49. The highest BCUT2D eigenvalue weighted by Crippen LogP contribution is 2.64. The van der Waals surface area contributed by atoms with Crippen molar-refractivity contribution in [3.05, 3.63) is 39.4 Å². The van der Waals surface area contributed by atoms with Crippen LogP contribution in [0.2, 0.25) is 0 Å². The number of thioether (sulfide) groups is 1. The monoisotopic (exact) mass is 706 g/mol. The summed E-state index contributed by atoms with van der Waals surface area (Å²) in [6.07, 6.45) is 0.738. The van der Waals surface area contributed by atoms with Crippen molar-refractivity contribution < 1.29 is 43.2 Å². The SMILES string of the molecule is COc1c(C)cc2c(c1O)[C@@H]1C3[C@@H]4SC[C@H](NC(=O)CC(C)C)C(=O)OC[C@@H](c5c6c(c(C)c(OC(C)=O)c54)OCO6)N3[C@@H](C#N)[C@H](C2)N1C. The van der Waals surface area contributed by atoms with Gasteiger partial charge in [0.15, 0.2) is 23.0 Å². The predicted octanol–water partition coefficient (Wildman–Crippen LogP) is 3.76. The zero-order valence-corrected chi connectivity index (χ0v) is 30.0. The smallest absolute Gasteiger partial charge is 0.329 e. The van der Waals surface area contributed by atoms with Crippen LogP contribution in [-0.4, -0.2) is 90.2 Å². The summed E-state index contributed by atoms with van der Waals surface area (Å²) in [6, 6.07) is 1.01. The molecule has 0 saturated carbocycles. The Hall–Kier alpha value is -4.19. The minimum Gasteiger partial charge on any atom is -0.504 e. The highest BCUT2D eigenvalue weighted by atomic mass is 32.2. The van der Waals surface area contributed by atoms with Crippen LogP contribution in [0.1, 0.15) is 77.9 Å². The topological polar surface area (TPSA) is 160 Å². The number of hydrogen-bond donors (Lipinski definition) is 2. The molecule has 5 aliphatic rings. The molecule has 266 valence electrons. The summed E-state index contributed by atoms with van der Waals surface area (Å²) < 4.78 is 29.8. The fourth-order valence-corrected chi connectivity index (χ4v) is 10.2. The maximum Gasteiger partial charge on any atom is 0.329 e. The van der Waals surface area contributed by atoms with E-state index in [-0.39, 0.29) is 49.2 Å². The highest BCUT2D eigenvalue weighted by Gasteiger charge is 2.60. The van der Waals surface area contributed by atoms with Gasteiger partial charge in [-0.3, -0.25) is 19.4 Å². The number of aromatic hydroxyl groups is 1. The fraction of sp³-hybridized carbons (Fsp3) is 0.556. The van der Waals surface area contributed by atoms with Gasteiger partial charge >= 0.3 is 11.9 Å². The third kappa shape index (κ3) is 5.24. The van der Waals surface area contributed by atoms with Crippen molar-refractivity contribution in [2.75, 3.05) is 33.3 Å². The maximum atomic E-state index is 13.7. The molecule has 2 aromatic carbocycles. The van der Waals surface area contributed by atoms with E-state index in [0.29, 0.717) is 51.7 Å². The average Bonchev–Trinajstić information content (AvgIpc) is 3.54. The molecule has 50 heavy (non-hydrogen) atoms. The number of ether oxygens (including phenoxy) is 5. The first-order valence-corrected chi connectivity index (χ1v) is 17.9. The molecule has 4 bridgehead atoms. The molecule has 0 aliphatic carbocycles. The second kappa shape index (κ2) is 12.9. The van der Waals surface area contributed by atoms with Crippen LogP contribution in [0.4, 0.5) is 0 Å². The minimum atomic E-state index is -0.953. The summed E-state index contributed by atoms with van der Waals surface area (Å²) in [6.45, 7) is 8.67. The van der Waals surface area contributed by atoms with E-state index in [1.54, 1.807) is 0 Å². The van der Waals surface area contributed by atoms with Gasteiger partial charge < -0.3 is 34.1 Å². The van der Waals surface area contributed by atoms with E-state index < -0.39 is 47.4 Å². The van der Waals surface area contributed by atoms with Gasteiger partial charge in [0.1, 0.15) is 24.4 Å². The number of rotatable bonds is 5. The number of nitriles is 1. The van der Waals surface area contributed by atoms with Crippen LogP contribution < -0.4 is 24.3 Å². The molecule has 14 heteroatoms. The van der Waals surface area contributed by atoms with Crippen LogP contribution in [0.5, 0.6) is 28.7 Å². The summed E-state index contributed by atoms with van der Waals surface area (Å²) in [5.41, 5.74) is 4.32. The Morgan fingerprint density at radius 1 is 1.16 bits per heavy atom. The van der Waals surface area contributed by atoms with E-state index >= 15 is 0 Å². The summed E-state index contributed by atoms with van der Waals surface area (Å²) in [7, 11) is 3.50. The van der Waals surface area contributed by atoms with Crippen LogP contribution in [0.3, 0.4) is 0 Å². The Bertz CT molecular complexity index is 1830. The number of fused-ring (bicyclic) bond motifs is 9. The number of hydrogen-bond acceptors (Lipinski definition) is 13. The molecule has 5 heterocycles. The predicted molar refractivity (Wildman–Crippen MR) is 181 cm³/mol. The molecular formula is C36H42N4O9S. The molecule has 2 aromatic rings. The molecule has 5 aliphatic heterocycles. The number of carbonyl (C=O) groups excluding carboxylic acids is 3. The van der Waals surface area contributed by atoms with Gasteiger partial charge in [-0.2, -0.15) is 5.26 Å². The molecule has 0 radical (unpaired) electrons. The molecule has 7 rings (SSSR count). The Kier molecular flexibility index (Phi) is 8.81. The molecule has 13 nitrogen and oxygen atoms in total. The fourth-order valence-electron chi connectivity index (χ4n) is 8.69. The summed E-state index contributed by atoms with van der Waals surface area (Å²) >= 11 is 1.41. The Morgan fingerprint density at radius 2 is 1.90 bits per heavy atom. The van der Waals surface area contributed by atoms with Gasteiger partial charge in [-0.25, -0.2) is 4.79 Å². The summed E-state index contributed by atoms with van der Waals surface area (Å²) in [5, 5.41) is 25.2. The summed E-state index contributed by atoms with van der Waals surface area (Å²) in [5.74, 6) is 0.490. The zero-order chi connectivity index (χ0) is 35.8. The van der Waals surface area contributed by atoms with Crippen molar-refractivity contribution in [2.24, 2.45) is 5.92 Å². The number of phenols is 1. The number of aryl methyl sites for hydroxylation is 1. The molecule has 2 saturated heterocycles. The Labute approximate surface area is 295 Å². The van der Waals surface area contributed by atoms with Gasteiger partial charge in [0.2, 0.25) is 12.7 Å². The van der Waals surface area contributed by atoms with Crippen molar-refractivity contribution in [3.63, 3.8) is 0 Å². The molecule has 2 N–H and O–H groups in total. The molecule has 1 amide bonds. The minimum absolute atomic E-state index is 0.0404. The number of likely N-dealkylation sites (N-methyl/N-ethyl adjacent to an activating group) is 1. The molecule has 0 spiro atoms. The van der Waals surface area contributed by atoms with Crippen LogP contribution in [0.25, 0.3) is 0 Å². The van der Waals surface area contributed by atoms with Crippen LogP contribution in [0.15, 0.2) is 6.07 Å². The summed E-state index contributed by atoms with van der Waals surface area (Å²) in [4.78, 5) is 43.7. The number of esters is 2. The number of nitrogens with zero attached hydrogens (tertiary/aromatic N) is 3. The zero-order valence-electron chi connectivity index (χ0n) is 29.2. The van der Waals surface area contributed by atoms with Gasteiger partial charge in [0.25, 0.3) is 0 Å². The van der Waals surface area contributed by atoms with Gasteiger partial charge in [-0.05, 0) is 44.4 Å². The second-order valence-electron chi connectivity index (χ2n) is 14.1. The lowest BCUT2D eigenvalue weighted by atomic mass is 9.71. The van der Waals surface area contributed by atoms with E-state index in [0.717, 1.165) is 11.1 Å². The molecule has 2 fully saturated rings. The lowest BCUT2D eigenvalue weighted by Gasteiger charge is -2.61. The third-order valence-electron chi connectivity index (χ3n) is 10.6. The Morgan fingerprint density at radius 3 is 2.58 bits per heavy atom. The first-order chi connectivity index (χ1) is 23.9. The third-order valence-corrected chi connectivity index (χ3v) is 12.0. The van der Waals surface area contributed by atoms with E-state index in [4.69, 9.17) is 23.7 Å². The lowest BCUT2D eigenvalue weighted by Crippen LogP contribution is -2.69. The van der Waals surface area contributed by atoms with Crippen LogP contribution in [-0.2, 0) is 25.5 Å².